The molecule has 0 radical (unpaired) electrons. The summed E-state index contributed by atoms with van der Waals surface area (Å²) in [6.45, 7) is 3.87. The molecule has 3 heterocycles. The minimum absolute atomic E-state index is 0.0323. The summed E-state index contributed by atoms with van der Waals surface area (Å²) >= 11 is 0. The van der Waals surface area contributed by atoms with E-state index in [1.165, 1.54) is 18.5 Å². The van der Waals surface area contributed by atoms with Crippen molar-refractivity contribution in [3.8, 4) is 0 Å². The number of nitrogens with one attached hydrogen (secondary N) is 2. The lowest BCUT2D eigenvalue weighted by molar-refractivity contribution is -0.122. The largest absolute Gasteiger partial charge is 0.371 e. The van der Waals surface area contributed by atoms with Gasteiger partial charge in [-0.1, -0.05) is 0 Å². The number of nitrogens with zero attached hydrogens (tertiary/aromatic N) is 2. The van der Waals surface area contributed by atoms with Gasteiger partial charge in [0.15, 0.2) is 0 Å². The van der Waals surface area contributed by atoms with Crippen LogP contribution in [0.25, 0.3) is 0 Å². The van der Waals surface area contributed by atoms with E-state index in [4.69, 9.17) is 0 Å². The van der Waals surface area contributed by atoms with Crippen LogP contribution in [-0.2, 0) is 4.79 Å². The molecule has 0 saturated carbocycles. The Labute approximate surface area is 126 Å². The zero-order chi connectivity index (χ0) is 14.5. The van der Waals surface area contributed by atoms with Crippen LogP contribution in [0.3, 0.4) is 0 Å². The first-order valence-corrected chi connectivity index (χ1v) is 7.99. The number of rotatable bonds is 4. The van der Waals surface area contributed by atoms with Gasteiger partial charge in [-0.25, -0.2) is 0 Å². The summed E-state index contributed by atoms with van der Waals surface area (Å²) in [7, 11) is 0. The average Bonchev–Trinajstić information content (AvgIpc) is 3.08. The van der Waals surface area contributed by atoms with Crippen LogP contribution in [0.1, 0.15) is 25.7 Å². The summed E-state index contributed by atoms with van der Waals surface area (Å²) < 4.78 is 0. The summed E-state index contributed by atoms with van der Waals surface area (Å²) in [5, 5.41) is 6.38. The Morgan fingerprint density at radius 3 is 2.95 bits per heavy atom. The molecule has 3 rings (SSSR count). The molecule has 2 unspecified atom stereocenters. The summed E-state index contributed by atoms with van der Waals surface area (Å²) in [5.74, 6) is 0.714. The number of hydrogen-bond donors (Lipinski definition) is 2. The van der Waals surface area contributed by atoms with Gasteiger partial charge in [0.1, 0.15) is 0 Å². The van der Waals surface area contributed by atoms with E-state index < -0.39 is 0 Å². The lowest BCUT2D eigenvalue weighted by Gasteiger charge is -2.34. The molecule has 2 fully saturated rings. The second kappa shape index (κ2) is 6.89. The Morgan fingerprint density at radius 2 is 2.19 bits per heavy atom. The van der Waals surface area contributed by atoms with E-state index in [9.17, 15) is 4.79 Å². The smallest absolute Gasteiger partial charge is 0.237 e. The third-order valence-corrected chi connectivity index (χ3v) is 4.49. The molecule has 2 atom stereocenters. The highest BCUT2D eigenvalue weighted by molar-refractivity contribution is 5.82. The molecule has 2 aliphatic heterocycles. The molecular formula is C16H24N4O. The van der Waals surface area contributed by atoms with Crippen molar-refractivity contribution in [1.82, 2.24) is 15.6 Å². The minimum Gasteiger partial charge on any atom is -0.371 e. The number of carbonyl (C=O) groups is 1. The van der Waals surface area contributed by atoms with Crippen molar-refractivity contribution in [3.05, 3.63) is 24.5 Å². The summed E-state index contributed by atoms with van der Waals surface area (Å²) in [6.07, 6.45) is 8.14. The van der Waals surface area contributed by atoms with Crippen molar-refractivity contribution in [2.75, 3.05) is 31.1 Å². The highest BCUT2D eigenvalue weighted by Crippen LogP contribution is 2.22. The van der Waals surface area contributed by atoms with Crippen LogP contribution in [-0.4, -0.2) is 43.1 Å². The predicted octanol–water partition coefficient (Wildman–Crippen LogP) is 1.17. The van der Waals surface area contributed by atoms with E-state index in [0.29, 0.717) is 5.92 Å². The zero-order valence-electron chi connectivity index (χ0n) is 12.4. The van der Waals surface area contributed by atoms with Gasteiger partial charge < -0.3 is 15.5 Å². The molecule has 2 N–H and O–H groups in total. The van der Waals surface area contributed by atoms with E-state index in [-0.39, 0.29) is 11.9 Å². The first-order valence-electron chi connectivity index (χ1n) is 7.99. The Hall–Kier alpha value is -1.62. The second-order valence-corrected chi connectivity index (χ2v) is 6.05. The maximum atomic E-state index is 12.0. The molecule has 114 valence electrons. The van der Waals surface area contributed by atoms with E-state index in [2.05, 4.69) is 32.7 Å². The minimum atomic E-state index is 0.0323. The van der Waals surface area contributed by atoms with Crippen molar-refractivity contribution in [1.29, 1.82) is 0 Å². The quantitative estimate of drug-likeness (QED) is 0.873. The van der Waals surface area contributed by atoms with Crippen LogP contribution in [0.4, 0.5) is 5.69 Å². The maximum absolute atomic E-state index is 12.0. The van der Waals surface area contributed by atoms with Crippen molar-refractivity contribution < 1.29 is 4.79 Å². The van der Waals surface area contributed by atoms with Crippen LogP contribution < -0.4 is 15.5 Å². The fourth-order valence-electron chi connectivity index (χ4n) is 3.30. The Bertz CT molecular complexity index is 459. The first kappa shape index (κ1) is 14.3. The lowest BCUT2D eigenvalue weighted by atomic mass is 9.97. The molecule has 1 amide bonds. The maximum Gasteiger partial charge on any atom is 0.237 e. The number of aromatic nitrogens is 1. The van der Waals surface area contributed by atoms with Crippen LogP contribution in [0, 0.1) is 5.92 Å². The summed E-state index contributed by atoms with van der Waals surface area (Å²) in [5.41, 5.74) is 1.23. The molecular weight excluding hydrogens is 264 g/mol. The molecule has 0 spiro atoms. The van der Waals surface area contributed by atoms with Crippen molar-refractivity contribution in [2.45, 2.75) is 31.7 Å². The van der Waals surface area contributed by atoms with Gasteiger partial charge in [-0.05, 0) is 50.3 Å². The molecule has 0 aliphatic carbocycles. The molecule has 21 heavy (non-hydrogen) atoms. The number of anilines is 1. The average molecular weight is 288 g/mol. The monoisotopic (exact) mass is 288 g/mol. The fourth-order valence-corrected chi connectivity index (χ4v) is 3.30. The van der Waals surface area contributed by atoms with Crippen LogP contribution in [0.2, 0.25) is 0 Å². The first-order chi connectivity index (χ1) is 10.3. The predicted molar refractivity (Wildman–Crippen MR) is 83.2 cm³/mol. The molecule has 2 aliphatic rings. The molecule has 5 nitrogen and oxygen atoms in total. The van der Waals surface area contributed by atoms with Gasteiger partial charge >= 0.3 is 0 Å². The summed E-state index contributed by atoms with van der Waals surface area (Å²) in [4.78, 5) is 18.5. The SMILES string of the molecule is O=C(NCC1CCCN(c2ccncc2)C1)C1CCCN1. The van der Waals surface area contributed by atoms with Crippen molar-refractivity contribution in [3.63, 3.8) is 0 Å². The van der Waals surface area contributed by atoms with Gasteiger partial charge in [0.2, 0.25) is 5.91 Å². The Kier molecular flexibility index (Phi) is 4.70. The van der Waals surface area contributed by atoms with Gasteiger partial charge in [-0.2, -0.15) is 0 Å². The Morgan fingerprint density at radius 1 is 1.33 bits per heavy atom. The van der Waals surface area contributed by atoms with Crippen molar-refractivity contribution >= 4 is 11.6 Å². The normalized spacial score (nSPS) is 25.8. The topological polar surface area (TPSA) is 57.3 Å². The van der Waals surface area contributed by atoms with Crippen LogP contribution in [0.15, 0.2) is 24.5 Å². The number of hydrogen-bond acceptors (Lipinski definition) is 4. The Balaban J connectivity index is 1.48. The van der Waals surface area contributed by atoms with E-state index in [0.717, 1.165) is 39.0 Å². The van der Waals surface area contributed by atoms with E-state index in [1.807, 2.05) is 12.4 Å². The highest BCUT2D eigenvalue weighted by Gasteiger charge is 2.24. The van der Waals surface area contributed by atoms with Gasteiger partial charge in [-0.15, -0.1) is 0 Å². The van der Waals surface area contributed by atoms with Crippen LogP contribution in [0.5, 0.6) is 0 Å². The molecule has 0 aromatic carbocycles. The van der Waals surface area contributed by atoms with Gasteiger partial charge in [0.25, 0.3) is 0 Å². The second-order valence-electron chi connectivity index (χ2n) is 6.05. The highest BCUT2D eigenvalue weighted by atomic mass is 16.2. The van der Waals surface area contributed by atoms with Gasteiger partial charge in [0.05, 0.1) is 6.04 Å². The van der Waals surface area contributed by atoms with Crippen molar-refractivity contribution in [2.24, 2.45) is 5.92 Å². The van der Waals surface area contributed by atoms with Gasteiger partial charge in [-0.3, -0.25) is 9.78 Å². The van der Waals surface area contributed by atoms with E-state index in [1.54, 1.807) is 0 Å². The third-order valence-electron chi connectivity index (χ3n) is 4.49. The molecule has 2 saturated heterocycles. The van der Waals surface area contributed by atoms with E-state index >= 15 is 0 Å². The van der Waals surface area contributed by atoms with Crippen LogP contribution >= 0.6 is 0 Å². The number of pyridine rings is 1. The number of piperidine rings is 1. The third kappa shape index (κ3) is 3.73. The van der Waals surface area contributed by atoms with Gasteiger partial charge in [0, 0.05) is 37.7 Å². The fraction of sp³-hybridized carbons (Fsp3) is 0.625. The molecule has 1 aromatic rings. The summed E-state index contributed by atoms with van der Waals surface area (Å²) in [6, 6.07) is 4.15. The molecule has 1 aromatic heterocycles. The number of amides is 1. The standard InChI is InChI=1S/C16H24N4O/c21-16(15-4-1-7-18-15)19-11-13-3-2-10-20(12-13)14-5-8-17-9-6-14/h5-6,8-9,13,15,18H,1-4,7,10-12H2,(H,19,21). The lowest BCUT2D eigenvalue weighted by Crippen LogP contribution is -2.45. The zero-order valence-corrected chi connectivity index (χ0v) is 12.4. The molecule has 0 bridgehead atoms. The molecule has 5 heteroatoms. The number of carbonyl (C=O) groups excluding carboxylic acids is 1.